The van der Waals surface area contributed by atoms with Gasteiger partial charge in [-0.15, -0.1) is 0 Å². The van der Waals surface area contributed by atoms with E-state index >= 15 is 0 Å². The van der Waals surface area contributed by atoms with Crippen molar-refractivity contribution in [3.8, 4) is 0 Å². The first kappa shape index (κ1) is 9.64. The average molecular weight is 203 g/mol. The molecule has 15 heavy (non-hydrogen) atoms. The lowest BCUT2D eigenvalue weighted by molar-refractivity contribution is 0.675. The molecule has 2 rings (SSSR count). The molecule has 5 nitrogen and oxygen atoms in total. The van der Waals surface area contributed by atoms with Gasteiger partial charge in [0.2, 0.25) is 0 Å². The Morgan fingerprint density at radius 3 is 2.67 bits per heavy atom. The summed E-state index contributed by atoms with van der Waals surface area (Å²) >= 11 is 0. The Morgan fingerprint density at radius 1 is 1.33 bits per heavy atom. The molecule has 0 aliphatic carbocycles. The highest BCUT2D eigenvalue weighted by Gasteiger charge is 2.08. The van der Waals surface area contributed by atoms with Crippen LogP contribution in [0.25, 0.3) is 0 Å². The number of hydrogen-bond donors (Lipinski definition) is 1. The molecule has 0 radical (unpaired) electrons. The summed E-state index contributed by atoms with van der Waals surface area (Å²) in [7, 11) is 1.93. The van der Waals surface area contributed by atoms with Crippen molar-refractivity contribution in [3.05, 3.63) is 36.7 Å². The van der Waals surface area contributed by atoms with Crippen molar-refractivity contribution in [3.63, 3.8) is 0 Å². The summed E-state index contributed by atoms with van der Waals surface area (Å²) in [5.41, 5.74) is 2.03. The third-order valence-corrected chi connectivity index (χ3v) is 2.25. The highest BCUT2D eigenvalue weighted by molar-refractivity contribution is 5.39. The van der Waals surface area contributed by atoms with Crippen molar-refractivity contribution in [1.29, 1.82) is 0 Å². The molecule has 78 valence electrons. The Bertz CT molecular complexity index is 422. The maximum Gasteiger partial charge on any atom is 0.115 e. The third-order valence-electron chi connectivity index (χ3n) is 2.25. The Labute approximate surface area is 88.2 Å². The fourth-order valence-corrected chi connectivity index (χ4v) is 1.51. The molecule has 1 unspecified atom stereocenters. The smallest absolute Gasteiger partial charge is 0.115 e. The van der Waals surface area contributed by atoms with Crippen LogP contribution in [-0.2, 0) is 7.05 Å². The maximum absolute atomic E-state index is 4.12. The lowest BCUT2D eigenvalue weighted by Gasteiger charge is -2.14. The van der Waals surface area contributed by atoms with Gasteiger partial charge in [0.1, 0.15) is 6.33 Å². The lowest BCUT2D eigenvalue weighted by Crippen LogP contribution is -2.11. The van der Waals surface area contributed by atoms with Crippen molar-refractivity contribution in [2.45, 2.75) is 13.0 Å². The van der Waals surface area contributed by atoms with Crippen LogP contribution in [-0.4, -0.2) is 19.7 Å². The van der Waals surface area contributed by atoms with Gasteiger partial charge in [0, 0.05) is 13.2 Å². The maximum atomic E-state index is 4.12. The van der Waals surface area contributed by atoms with Crippen LogP contribution in [0.5, 0.6) is 0 Å². The summed E-state index contributed by atoms with van der Waals surface area (Å²) in [6, 6.07) is 2.17. The molecule has 5 heteroatoms. The molecule has 0 saturated heterocycles. The van der Waals surface area contributed by atoms with Gasteiger partial charge in [0.05, 0.1) is 29.8 Å². The number of nitrogens with zero attached hydrogens (tertiary/aromatic N) is 4. The number of aromatic nitrogens is 4. The van der Waals surface area contributed by atoms with Crippen LogP contribution in [0.3, 0.4) is 0 Å². The minimum atomic E-state index is 0.184. The van der Waals surface area contributed by atoms with Gasteiger partial charge in [-0.1, -0.05) is 0 Å². The summed E-state index contributed by atoms with van der Waals surface area (Å²) in [5, 5.41) is 7.42. The van der Waals surface area contributed by atoms with Gasteiger partial charge >= 0.3 is 0 Å². The third kappa shape index (κ3) is 2.12. The van der Waals surface area contributed by atoms with Crippen LogP contribution in [0.15, 0.2) is 31.0 Å². The van der Waals surface area contributed by atoms with E-state index in [1.807, 2.05) is 17.8 Å². The SMILES string of the molecule is CC(Nc1cncnc1)c1ccnn1C. The normalized spacial score (nSPS) is 12.4. The van der Waals surface area contributed by atoms with Crippen molar-refractivity contribution in [1.82, 2.24) is 19.7 Å². The standard InChI is InChI=1S/C10H13N5/c1-8(10-3-4-13-15(10)2)14-9-5-11-7-12-6-9/h3-8,14H,1-2H3. The van der Waals surface area contributed by atoms with E-state index in [-0.39, 0.29) is 6.04 Å². The van der Waals surface area contributed by atoms with E-state index in [9.17, 15) is 0 Å². The molecule has 0 bridgehead atoms. The van der Waals surface area contributed by atoms with E-state index in [0.29, 0.717) is 0 Å². The number of hydrogen-bond acceptors (Lipinski definition) is 4. The molecule has 0 amide bonds. The van der Waals surface area contributed by atoms with Crippen molar-refractivity contribution in [2.75, 3.05) is 5.32 Å². The largest absolute Gasteiger partial charge is 0.374 e. The predicted octanol–water partition coefficient (Wildman–Crippen LogP) is 1.38. The number of anilines is 1. The molecule has 2 heterocycles. The second-order valence-corrected chi connectivity index (χ2v) is 3.37. The predicted molar refractivity (Wildman–Crippen MR) is 57.3 cm³/mol. The summed E-state index contributed by atoms with van der Waals surface area (Å²) < 4.78 is 1.85. The van der Waals surface area contributed by atoms with Gasteiger partial charge in [0.15, 0.2) is 0 Å². The van der Waals surface area contributed by atoms with Gasteiger partial charge in [-0.25, -0.2) is 9.97 Å². The summed E-state index contributed by atoms with van der Waals surface area (Å²) in [5.74, 6) is 0. The Morgan fingerprint density at radius 2 is 2.07 bits per heavy atom. The lowest BCUT2D eigenvalue weighted by atomic mass is 10.2. The van der Waals surface area contributed by atoms with Gasteiger partial charge in [-0.3, -0.25) is 4.68 Å². The molecule has 1 N–H and O–H groups in total. The second-order valence-electron chi connectivity index (χ2n) is 3.37. The van der Waals surface area contributed by atoms with E-state index in [1.165, 1.54) is 6.33 Å². The molecule has 0 spiro atoms. The zero-order valence-electron chi connectivity index (χ0n) is 8.75. The summed E-state index contributed by atoms with van der Waals surface area (Å²) in [6.07, 6.45) is 6.80. The molecule has 0 aliphatic heterocycles. The first-order chi connectivity index (χ1) is 7.27. The fourth-order valence-electron chi connectivity index (χ4n) is 1.51. The topological polar surface area (TPSA) is 55.6 Å². The molecule has 2 aromatic rings. The minimum Gasteiger partial charge on any atom is -0.374 e. The van der Waals surface area contributed by atoms with Gasteiger partial charge in [-0.2, -0.15) is 5.10 Å². The molecule has 0 saturated carbocycles. The highest BCUT2D eigenvalue weighted by Crippen LogP contribution is 2.16. The van der Waals surface area contributed by atoms with E-state index < -0.39 is 0 Å². The summed E-state index contributed by atoms with van der Waals surface area (Å²) in [6.45, 7) is 2.07. The number of rotatable bonds is 3. The fraction of sp³-hybridized carbons (Fsp3) is 0.300. The number of aryl methyl sites for hydroxylation is 1. The molecule has 0 fully saturated rings. The first-order valence-electron chi connectivity index (χ1n) is 4.77. The van der Waals surface area contributed by atoms with Crippen LogP contribution < -0.4 is 5.32 Å². The van der Waals surface area contributed by atoms with Crippen LogP contribution in [0, 0.1) is 0 Å². The zero-order chi connectivity index (χ0) is 10.7. The van der Waals surface area contributed by atoms with Crippen LogP contribution >= 0.6 is 0 Å². The van der Waals surface area contributed by atoms with E-state index in [0.717, 1.165) is 11.4 Å². The van der Waals surface area contributed by atoms with Crippen LogP contribution in [0.2, 0.25) is 0 Å². The van der Waals surface area contributed by atoms with Gasteiger partial charge < -0.3 is 5.32 Å². The Kier molecular flexibility index (Phi) is 2.62. The zero-order valence-corrected chi connectivity index (χ0v) is 8.75. The van der Waals surface area contributed by atoms with Crippen molar-refractivity contribution < 1.29 is 0 Å². The molecule has 2 aromatic heterocycles. The van der Waals surface area contributed by atoms with Crippen molar-refractivity contribution >= 4 is 5.69 Å². The van der Waals surface area contributed by atoms with E-state index in [4.69, 9.17) is 0 Å². The average Bonchev–Trinajstić information content (AvgIpc) is 2.66. The minimum absolute atomic E-state index is 0.184. The second kappa shape index (κ2) is 4.08. The van der Waals surface area contributed by atoms with Crippen molar-refractivity contribution in [2.24, 2.45) is 7.05 Å². The van der Waals surface area contributed by atoms with Gasteiger partial charge in [-0.05, 0) is 13.0 Å². The number of nitrogens with one attached hydrogen (secondary N) is 1. The summed E-state index contributed by atoms with van der Waals surface area (Å²) in [4.78, 5) is 7.89. The molecule has 0 aromatic carbocycles. The van der Waals surface area contributed by atoms with Crippen LogP contribution in [0.1, 0.15) is 18.7 Å². The highest BCUT2D eigenvalue weighted by atomic mass is 15.3. The Balaban J connectivity index is 2.11. The molecular weight excluding hydrogens is 190 g/mol. The van der Waals surface area contributed by atoms with Gasteiger partial charge in [0.25, 0.3) is 0 Å². The van der Waals surface area contributed by atoms with E-state index in [2.05, 4.69) is 27.3 Å². The molecular formula is C10H13N5. The van der Waals surface area contributed by atoms with E-state index in [1.54, 1.807) is 18.6 Å². The first-order valence-corrected chi connectivity index (χ1v) is 4.77. The quantitative estimate of drug-likeness (QED) is 0.818. The molecule has 0 aliphatic rings. The monoisotopic (exact) mass is 203 g/mol. The van der Waals surface area contributed by atoms with Crippen LogP contribution in [0.4, 0.5) is 5.69 Å². The molecule has 1 atom stereocenters. The Hall–Kier alpha value is -1.91.